The third kappa shape index (κ3) is 3.33. The van der Waals surface area contributed by atoms with Gasteiger partial charge in [0.2, 0.25) is 10.0 Å². The summed E-state index contributed by atoms with van der Waals surface area (Å²) < 4.78 is 26.2. The van der Waals surface area contributed by atoms with Crippen molar-refractivity contribution in [3.05, 3.63) is 23.3 Å². The standard InChI is InChI=1S/C24H39NO4S/c1-5-14-25(30(4,28)29)16-24(27)13-10-21-19-7-6-17-15-18(26)8-11-22(17,2)20(19)9-12-23(21,24)3/h6-7,18,20-21,26-27H,5,8-16H2,1-4H3/t18-,20-,21-,22-,23-,24+/m0/s1. The second-order valence-corrected chi connectivity index (χ2v) is 12.9. The molecule has 0 saturated heterocycles. The Hall–Kier alpha value is -0.690. The van der Waals surface area contributed by atoms with Crippen LogP contribution >= 0.6 is 0 Å². The number of hydrogen-bond acceptors (Lipinski definition) is 4. The van der Waals surface area contributed by atoms with Crippen molar-refractivity contribution in [2.75, 3.05) is 19.3 Å². The van der Waals surface area contributed by atoms with Crippen molar-refractivity contribution in [1.29, 1.82) is 0 Å². The molecule has 3 fully saturated rings. The first kappa shape index (κ1) is 22.5. The van der Waals surface area contributed by atoms with Crippen LogP contribution in [0.25, 0.3) is 0 Å². The van der Waals surface area contributed by atoms with Crippen LogP contribution in [-0.4, -0.2) is 54.0 Å². The highest BCUT2D eigenvalue weighted by molar-refractivity contribution is 7.88. The van der Waals surface area contributed by atoms with E-state index in [1.165, 1.54) is 21.7 Å². The maximum atomic E-state index is 12.3. The van der Waals surface area contributed by atoms with Gasteiger partial charge in [-0.05, 0) is 68.6 Å². The lowest BCUT2D eigenvalue weighted by Gasteiger charge is -2.56. The third-order valence-corrected chi connectivity index (χ3v) is 10.5. The minimum absolute atomic E-state index is 0.117. The zero-order chi connectivity index (χ0) is 21.9. The van der Waals surface area contributed by atoms with Gasteiger partial charge in [-0.2, -0.15) is 4.31 Å². The fourth-order valence-corrected chi connectivity index (χ4v) is 8.22. The average Bonchev–Trinajstić information content (AvgIpc) is 2.92. The molecule has 0 bridgehead atoms. The Morgan fingerprint density at radius 3 is 2.47 bits per heavy atom. The molecule has 0 aromatic carbocycles. The Morgan fingerprint density at radius 1 is 1.10 bits per heavy atom. The molecule has 0 heterocycles. The predicted molar refractivity (Wildman–Crippen MR) is 119 cm³/mol. The van der Waals surface area contributed by atoms with Crippen LogP contribution in [0.15, 0.2) is 23.3 Å². The molecule has 0 unspecified atom stereocenters. The van der Waals surface area contributed by atoms with E-state index in [4.69, 9.17) is 0 Å². The molecule has 4 rings (SSSR count). The first-order valence-corrected chi connectivity index (χ1v) is 13.6. The SMILES string of the molecule is CCCN(C[C@]1(O)CC[C@H]2C3=CC=C4C[C@@H](O)CC[C@]4(C)[C@H]3CC[C@@]21C)S(C)(=O)=O. The molecule has 0 aromatic rings. The van der Waals surface area contributed by atoms with Gasteiger partial charge in [0, 0.05) is 18.5 Å². The van der Waals surface area contributed by atoms with Gasteiger partial charge in [0.15, 0.2) is 0 Å². The smallest absolute Gasteiger partial charge is 0.211 e. The van der Waals surface area contributed by atoms with Gasteiger partial charge < -0.3 is 10.2 Å². The normalized spacial score (nSPS) is 43.5. The highest BCUT2D eigenvalue weighted by Gasteiger charge is 2.62. The van der Waals surface area contributed by atoms with Gasteiger partial charge in [-0.25, -0.2) is 8.42 Å². The van der Waals surface area contributed by atoms with Gasteiger partial charge in [-0.1, -0.05) is 44.1 Å². The van der Waals surface area contributed by atoms with Crippen LogP contribution in [0.5, 0.6) is 0 Å². The molecule has 2 N–H and O–H groups in total. The predicted octanol–water partition coefficient (Wildman–Crippen LogP) is 3.63. The average molecular weight is 438 g/mol. The van der Waals surface area contributed by atoms with Crippen molar-refractivity contribution < 1.29 is 18.6 Å². The van der Waals surface area contributed by atoms with E-state index in [-0.39, 0.29) is 23.5 Å². The number of nitrogens with zero attached hydrogens (tertiary/aromatic N) is 1. The highest BCUT2D eigenvalue weighted by Crippen LogP contribution is 2.66. The summed E-state index contributed by atoms with van der Waals surface area (Å²) >= 11 is 0. The summed E-state index contributed by atoms with van der Waals surface area (Å²) in [4.78, 5) is 0. The molecule has 4 aliphatic carbocycles. The quantitative estimate of drug-likeness (QED) is 0.688. The van der Waals surface area contributed by atoms with E-state index in [2.05, 4.69) is 26.0 Å². The van der Waals surface area contributed by atoms with Crippen LogP contribution in [0.3, 0.4) is 0 Å². The lowest BCUT2D eigenvalue weighted by Crippen LogP contribution is -2.56. The number of allylic oxidation sites excluding steroid dienone is 3. The summed E-state index contributed by atoms with van der Waals surface area (Å²) in [6.45, 7) is 7.21. The van der Waals surface area contributed by atoms with Gasteiger partial charge in [-0.3, -0.25) is 0 Å². The Balaban J connectivity index is 1.65. The number of sulfonamides is 1. The molecule has 170 valence electrons. The fraction of sp³-hybridized carbons (Fsp3) is 0.833. The van der Waals surface area contributed by atoms with Gasteiger partial charge in [0.05, 0.1) is 18.0 Å². The van der Waals surface area contributed by atoms with Crippen molar-refractivity contribution in [1.82, 2.24) is 4.31 Å². The maximum Gasteiger partial charge on any atom is 0.211 e. The minimum atomic E-state index is -3.35. The van der Waals surface area contributed by atoms with E-state index < -0.39 is 15.6 Å². The molecule has 0 amide bonds. The lowest BCUT2D eigenvalue weighted by molar-refractivity contribution is -0.0926. The first-order chi connectivity index (χ1) is 13.9. The molecule has 6 heteroatoms. The molecule has 4 aliphatic rings. The van der Waals surface area contributed by atoms with E-state index in [0.29, 0.717) is 24.8 Å². The van der Waals surface area contributed by atoms with Gasteiger partial charge >= 0.3 is 0 Å². The Kier molecular flexibility index (Phi) is 5.57. The van der Waals surface area contributed by atoms with Crippen molar-refractivity contribution in [3.8, 4) is 0 Å². The summed E-state index contributed by atoms with van der Waals surface area (Å²) in [5.74, 6) is 0.776. The zero-order valence-corrected chi connectivity index (χ0v) is 19.8. The van der Waals surface area contributed by atoms with Crippen molar-refractivity contribution in [2.24, 2.45) is 22.7 Å². The van der Waals surface area contributed by atoms with Crippen LogP contribution in [0.2, 0.25) is 0 Å². The fourth-order valence-electron chi connectivity index (χ4n) is 7.26. The molecule has 0 radical (unpaired) electrons. The number of rotatable bonds is 5. The van der Waals surface area contributed by atoms with Crippen LogP contribution < -0.4 is 0 Å². The van der Waals surface area contributed by atoms with Crippen LogP contribution in [0.1, 0.15) is 72.1 Å². The second kappa shape index (κ2) is 7.43. The summed E-state index contributed by atoms with van der Waals surface area (Å²) in [7, 11) is -3.35. The van der Waals surface area contributed by atoms with E-state index in [9.17, 15) is 18.6 Å². The summed E-state index contributed by atoms with van der Waals surface area (Å²) in [6, 6.07) is 0. The Morgan fingerprint density at radius 2 is 1.80 bits per heavy atom. The molecule has 6 atom stereocenters. The number of hydrogen-bond donors (Lipinski definition) is 2. The van der Waals surface area contributed by atoms with E-state index in [1.807, 2.05) is 6.92 Å². The molecular weight excluding hydrogens is 398 g/mol. The monoisotopic (exact) mass is 437 g/mol. The number of aliphatic hydroxyl groups excluding tert-OH is 1. The highest BCUT2D eigenvalue weighted by atomic mass is 32.2. The first-order valence-electron chi connectivity index (χ1n) is 11.7. The van der Waals surface area contributed by atoms with Crippen LogP contribution in [-0.2, 0) is 10.0 Å². The second-order valence-electron chi connectivity index (χ2n) is 10.9. The Labute approximate surface area is 182 Å². The lowest BCUT2D eigenvalue weighted by atomic mass is 9.50. The van der Waals surface area contributed by atoms with Crippen LogP contribution in [0.4, 0.5) is 0 Å². The molecular formula is C24H39NO4S. The molecule has 5 nitrogen and oxygen atoms in total. The van der Waals surface area contributed by atoms with E-state index in [1.54, 1.807) is 0 Å². The third-order valence-electron chi connectivity index (χ3n) is 9.25. The zero-order valence-electron chi connectivity index (χ0n) is 19.0. The molecule has 0 aliphatic heterocycles. The van der Waals surface area contributed by atoms with Gasteiger partial charge in [0.25, 0.3) is 0 Å². The summed E-state index contributed by atoms with van der Waals surface area (Å²) in [5.41, 5.74) is 1.67. The molecule has 3 saturated carbocycles. The van der Waals surface area contributed by atoms with Crippen molar-refractivity contribution >= 4 is 10.0 Å². The van der Waals surface area contributed by atoms with E-state index in [0.717, 1.165) is 44.9 Å². The van der Waals surface area contributed by atoms with Crippen molar-refractivity contribution in [2.45, 2.75) is 83.8 Å². The molecule has 0 spiro atoms. The summed E-state index contributed by atoms with van der Waals surface area (Å²) in [5, 5.41) is 22.0. The van der Waals surface area contributed by atoms with Crippen molar-refractivity contribution in [3.63, 3.8) is 0 Å². The summed E-state index contributed by atoms with van der Waals surface area (Å²) in [6.07, 6.45) is 12.5. The van der Waals surface area contributed by atoms with Crippen LogP contribution in [0, 0.1) is 22.7 Å². The maximum absolute atomic E-state index is 12.3. The van der Waals surface area contributed by atoms with E-state index >= 15 is 0 Å². The van der Waals surface area contributed by atoms with Gasteiger partial charge in [-0.15, -0.1) is 0 Å². The minimum Gasteiger partial charge on any atom is -0.393 e. The topological polar surface area (TPSA) is 77.8 Å². The Bertz CT molecular complexity index is 864. The molecule has 30 heavy (non-hydrogen) atoms. The molecule has 0 aromatic heterocycles. The number of fused-ring (bicyclic) bond motifs is 5. The largest absolute Gasteiger partial charge is 0.393 e. The number of aliphatic hydroxyl groups is 2. The van der Waals surface area contributed by atoms with Gasteiger partial charge in [0.1, 0.15) is 0 Å².